The van der Waals surface area contributed by atoms with Gasteiger partial charge < -0.3 is 4.90 Å². The number of hydrogen-bond acceptors (Lipinski definition) is 4. The Balaban J connectivity index is 2.07. The number of imidazole rings is 1. The third-order valence-corrected chi connectivity index (χ3v) is 3.48. The van der Waals surface area contributed by atoms with Crippen LogP contribution in [0.15, 0.2) is 12.4 Å². The molecule has 1 amide bonds. The van der Waals surface area contributed by atoms with E-state index < -0.39 is 0 Å². The molecule has 6 nitrogen and oxygen atoms in total. The summed E-state index contributed by atoms with van der Waals surface area (Å²) in [4.78, 5) is 20.4. The Hall–Kier alpha value is -1.87. The largest absolute Gasteiger partial charge is 0.330 e. The molecule has 0 aliphatic carbocycles. The van der Waals surface area contributed by atoms with Crippen molar-refractivity contribution >= 4 is 6.03 Å². The van der Waals surface area contributed by atoms with Crippen LogP contribution in [0, 0.1) is 11.3 Å². The first-order chi connectivity index (χ1) is 9.13. The fourth-order valence-electron chi connectivity index (χ4n) is 2.34. The number of carbonyl (C=O) groups is 1. The summed E-state index contributed by atoms with van der Waals surface area (Å²) in [5, 5.41) is 8.91. The first-order valence-corrected chi connectivity index (χ1v) is 6.60. The number of hydrogen-bond donors (Lipinski definition) is 0. The summed E-state index contributed by atoms with van der Waals surface area (Å²) < 4.78 is 1.32. The maximum Gasteiger partial charge on any atom is 0.330 e. The van der Waals surface area contributed by atoms with E-state index in [1.165, 1.54) is 10.8 Å². The van der Waals surface area contributed by atoms with Crippen LogP contribution in [-0.4, -0.2) is 57.6 Å². The summed E-state index contributed by atoms with van der Waals surface area (Å²) >= 11 is 0. The van der Waals surface area contributed by atoms with Crippen LogP contribution in [0.1, 0.15) is 26.1 Å². The average Bonchev–Trinajstić information content (AvgIpc) is 2.73. The van der Waals surface area contributed by atoms with Crippen LogP contribution in [0.25, 0.3) is 0 Å². The van der Waals surface area contributed by atoms with Crippen molar-refractivity contribution in [2.24, 2.45) is 0 Å². The van der Waals surface area contributed by atoms with Crippen molar-refractivity contribution in [1.29, 1.82) is 5.26 Å². The lowest BCUT2D eigenvalue weighted by molar-refractivity contribution is 0.195. The molecule has 0 radical (unpaired) electrons. The Kier molecular flexibility index (Phi) is 4.17. The molecule has 0 aromatic carbocycles. The van der Waals surface area contributed by atoms with Crippen molar-refractivity contribution in [1.82, 2.24) is 19.4 Å². The molecule has 1 aliphatic heterocycles. The number of amides is 1. The minimum Gasteiger partial charge on any atom is -0.323 e. The Morgan fingerprint density at radius 3 is 2.84 bits per heavy atom. The lowest BCUT2D eigenvalue weighted by Crippen LogP contribution is -2.39. The molecule has 2 rings (SSSR count). The number of rotatable bonds is 1. The number of aromatic nitrogens is 2. The van der Waals surface area contributed by atoms with Crippen molar-refractivity contribution in [3.8, 4) is 6.07 Å². The van der Waals surface area contributed by atoms with Crippen LogP contribution in [0.2, 0.25) is 0 Å². The predicted molar refractivity (Wildman–Crippen MR) is 70.6 cm³/mol. The Bertz CT molecular complexity index is 487. The van der Waals surface area contributed by atoms with E-state index in [9.17, 15) is 4.79 Å². The van der Waals surface area contributed by atoms with E-state index in [-0.39, 0.29) is 11.9 Å². The van der Waals surface area contributed by atoms with Crippen LogP contribution < -0.4 is 0 Å². The number of nitrogens with zero attached hydrogens (tertiary/aromatic N) is 5. The minimum atomic E-state index is -0.153. The maximum absolute atomic E-state index is 12.3. The first kappa shape index (κ1) is 13.6. The lowest BCUT2D eigenvalue weighted by atomic mass is 10.3. The molecule has 0 N–H and O–H groups in total. The average molecular weight is 261 g/mol. The van der Waals surface area contributed by atoms with Gasteiger partial charge in [0.1, 0.15) is 6.07 Å². The Morgan fingerprint density at radius 2 is 2.16 bits per heavy atom. The first-order valence-electron chi connectivity index (χ1n) is 6.60. The van der Waals surface area contributed by atoms with Crippen LogP contribution in [0.4, 0.5) is 4.79 Å². The summed E-state index contributed by atoms with van der Waals surface area (Å²) in [6.45, 7) is 7.64. The number of carbonyl (C=O) groups excluding carboxylic acids is 1. The molecule has 0 unspecified atom stereocenters. The second kappa shape index (κ2) is 5.85. The summed E-state index contributed by atoms with van der Waals surface area (Å²) in [7, 11) is 0. The van der Waals surface area contributed by atoms with Gasteiger partial charge in [-0.25, -0.2) is 14.3 Å². The van der Waals surface area contributed by atoms with Gasteiger partial charge in [0, 0.05) is 44.6 Å². The van der Waals surface area contributed by atoms with E-state index in [4.69, 9.17) is 5.26 Å². The van der Waals surface area contributed by atoms with Gasteiger partial charge in [0.05, 0.1) is 0 Å². The zero-order chi connectivity index (χ0) is 13.8. The van der Waals surface area contributed by atoms with Gasteiger partial charge in [-0.2, -0.15) is 5.26 Å². The SMILES string of the molecule is CC(C)N1CCCN(C(=O)n2ccnc2C#N)CC1. The third-order valence-electron chi connectivity index (χ3n) is 3.48. The maximum atomic E-state index is 12.3. The molecular formula is C13H19N5O. The Morgan fingerprint density at radius 1 is 1.37 bits per heavy atom. The van der Waals surface area contributed by atoms with Crippen LogP contribution in [-0.2, 0) is 0 Å². The van der Waals surface area contributed by atoms with Crippen molar-refractivity contribution in [2.75, 3.05) is 26.2 Å². The molecular weight excluding hydrogens is 242 g/mol. The molecule has 1 saturated heterocycles. The van der Waals surface area contributed by atoms with Crippen molar-refractivity contribution in [3.05, 3.63) is 18.2 Å². The van der Waals surface area contributed by atoms with Crippen molar-refractivity contribution in [2.45, 2.75) is 26.3 Å². The molecule has 0 atom stereocenters. The zero-order valence-corrected chi connectivity index (χ0v) is 11.4. The topological polar surface area (TPSA) is 65.2 Å². The van der Waals surface area contributed by atoms with E-state index in [0.717, 1.165) is 26.1 Å². The van der Waals surface area contributed by atoms with Crippen LogP contribution >= 0.6 is 0 Å². The standard InChI is InChI=1S/C13H19N5O/c1-11(2)16-5-3-6-17(9-8-16)13(19)18-7-4-15-12(18)10-14/h4,7,11H,3,5-6,8-9H2,1-2H3. The fraction of sp³-hybridized carbons (Fsp3) is 0.615. The van der Waals surface area contributed by atoms with Gasteiger partial charge in [0.25, 0.3) is 0 Å². The van der Waals surface area contributed by atoms with E-state index in [1.807, 2.05) is 6.07 Å². The molecule has 1 aromatic rings. The van der Waals surface area contributed by atoms with Gasteiger partial charge in [-0.15, -0.1) is 0 Å². The van der Waals surface area contributed by atoms with E-state index >= 15 is 0 Å². The zero-order valence-electron chi connectivity index (χ0n) is 11.4. The Labute approximate surface area is 113 Å². The highest BCUT2D eigenvalue weighted by molar-refractivity contribution is 5.78. The van der Waals surface area contributed by atoms with Gasteiger partial charge in [-0.1, -0.05) is 0 Å². The van der Waals surface area contributed by atoms with E-state index in [1.54, 1.807) is 11.1 Å². The molecule has 0 bridgehead atoms. The summed E-state index contributed by atoms with van der Waals surface area (Å²) in [6.07, 6.45) is 3.99. The highest BCUT2D eigenvalue weighted by Crippen LogP contribution is 2.09. The predicted octanol–water partition coefficient (Wildman–Crippen LogP) is 1.14. The summed E-state index contributed by atoms with van der Waals surface area (Å²) in [5.41, 5.74) is 0. The fourth-order valence-corrected chi connectivity index (χ4v) is 2.34. The molecule has 1 aromatic heterocycles. The molecule has 1 fully saturated rings. The van der Waals surface area contributed by atoms with Crippen LogP contribution in [0.5, 0.6) is 0 Å². The van der Waals surface area contributed by atoms with Gasteiger partial charge in [-0.05, 0) is 20.3 Å². The molecule has 2 heterocycles. The van der Waals surface area contributed by atoms with Gasteiger partial charge in [0.15, 0.2) is 0 Å². The molecule has 0 spiro atoms. The second-order valence-electron chi connectivity index (χ2n) is 4.99. The van der Waals surface area contributed by atoms with E-state index in [0.29, 0.717) is 12.6 Å². The normalized spacial score (nSPS) is 17.3. The van der Waals surface area contributed by atoms with Gasteiger partial charge in [-0.3, -0.25) is 4.90 Å². The van der Waals surface area contributed by atoms with Crippen molar-refractivity contribution < 1.29 is 4.79 Å². The molecule has 0 saturated carbocycles. The monoisotopic (exact) mass is 261 g/mol. The second-order valence-corrected chi connectivity index (χ2v) is 4.99. The lowest BCUT2D eigenvalue weighted by Gasteiger charge is -2.24. The van der Waals surface area contributed by atoms with Gasteiger partial charge in [0.2, 0.25) is 5.82 Å². The quantitative estimate of drug-likeness (QED) is 0.760. The highest BCUT2D eigenvalue weighted by Gasteiger charge is 2.22. The molecule has 19 heavy (non-hydrogen) atoms. The molecule has 6 heteroatoms. The highest BCUT2D eigenvalue weighted by atomic mass is 16.2. The summed E-state index contributed by atoms with van der Waals surface area (Å²) in [5.74, 6) is 0.148. The van der Waals surface area contributed by atoms with E-state index in [2.05, 4.69) is 23.7 Å². The minimum absolute atomic E-state index is 0.148. The van der Waals surface area contributed by atoms with Crippen LogP contribution in [0.3, 0.4) is 0 Å². The van der Waals surface area contributed by atoms with Crippen molar-refractivity contribution in [3.63, 3.8) is 0 Å². The summed E-state index contributed by atoms with van der Waals surface area (Å²) in [6, 6.07) is 2.28. The molecule has 102 valence electrons. The third kappa shape index (κ3) is 2.93. The number of nitriles is 1. The smallest absolute Gasteiger partial charge is 0.323 e. The molecule has 1 aliphatic rings. The van der Waals surface area contributed by atoms with Gasteiger partial charge >= 0.3 is 6.03 Å².